The summed E-state index contributed by atoms with van der Waals surface area (Å²) in [5.41, 5.74) is 0. The molecule has 0 saturated carbocycles. The van der Waals surface area contributed by atoms with Gasteiger partial charge < -0.3 is 5.48 Å². The molecule has 0 aliphatic heterocycles. The summed E-state index contributed by atoms with van der Waals surface area (Å²) in [6, 6.07) is 0. The Morgan fingerprint density at radius 3 is 1.60 bits per heavy atom. The van der Waals surface area contributed by atoms with Crippen LogP contribution in [0, 0.1) is 9.71 Å². The molecule has 0 radical (unpaired) electrons. The van der Waals surface area contributed by atoms with Crippen LogP contribution in [0.2, 0.25) is 0 Å². The van der Waals surface area contributed by atoms with E-state index in [0.717, 1.165) is 0 Å². The minimum absolute atomic E-state index is 0. The number of rotatable bonds is 0. The monoisotopic (exact) mass is 190 g/mol. The van der Waals surface area contributed by atoms with E-state index in [1.165, 1.54) is 0 Å². The number of hydrogen-bond donors (Lipinski definition) is 0. The summed E-state index contributed by atoms with van der Waals surface area (Å²) in [4.78, 5) is 7.88. The normalized spacial score (nSPS) is 2.40. The zero-order valence-electron chi connectivity index (χ0n) is 1.72. The topological polar surface area (TPSA) is 82.9 Å². The van der Waals surface area contributed by atoms with Crippen molar-refractivity contribution >= 4 is 23.9 Å². The molecule has 0 saturated heterocycles. The van der Waals surface area contributed by atoms with Crippen LogP contribution in [0.25, 0.3) is 0 Å². The Bertz CT molecular complexity index is 11.1. The van der Waals surface area contributed by atoms with Crippen molar-refractivity contribution in [3.63, 3.8) is 0 Å². The second-order valence-electron chi connectivity index (χ2n) is 0.0680. The predicted octanol–water partition coefficient (Wildman–Crippen LogP) is -3.40. The fraction of sp³-hybridized carbons (Fsp3) is 0. The Labute approximate surface area is 44.9 Å². The molecule has 0 spiro atoms. The third-order valence-electron chi connectivity index (χ3n) is 0. The van der Waals surface area contributed by atoms with Crippen LogP contribution in [-0.4, -0.2) is 29.4 Å². The predicted molar refractivity (Wildman–Crippen MR) is 21.7 cm³/mol. The average Bonchev–Trinajstić information content (AvgIpc) is 0.918. The van der Waals surface area contributed by atoms with E-state index in [1.807, 2.05) is 0 Å². The van der Waals surface area contributed by atoms with E-state index in [-0.39, 0.29) is 29.4 Å². The second-order valence-corrected chi connectivity index (χ2v) is 0.0680. The summed E-state index contributed by atoms with van der Waals surface area (Å²) >= 11 is 0. The van der Waals surface area contributed by atoms with E-state index in [0.29, 0.717) is 0 Å². The fourth-order valence-electron chi connectivity index (χ4n) is 0. The molecule has 0 aliphatic carbocycles. The van der Waals surface area contributed by atoms with Crippen LogP contribution >= 0.6 is 0 Å². The Kier molecular flexibility index (Phi) is 118. The van der Waals surface area contributed by atoms with Gasteiger partial charge in [0.2, 0.25) is 0 Å². The molecule has 0 aromatic rings. The van der Waals surface area contributed by atoms with E-state index < -0.39 is 0 Å². The molecule has 4 nitrogen and oxygen atoms in total. The van der Waals surface area contributed by atoms with Gasteiger partial charge in [0.25, 0.3) is 0 Å². The standard InChI is InChI=1S/O3.H2O.Sn.4H/c1-3-2;;;;;;/h;1H2;;;;;. The molecule has 0 atom stereocenters. The summed E-state index contributed by atoms with van der Waals surface area (Å²) in [5.74, 6) is 0. The molecule has 2 N–H and O–H groups in total. The summed E-state index contributed by atoms with van der Waals surface area (Å²) < 4.78 is 1.75. The third kappa shape index (κ3) is 769. The molecule has 0 amide bonds. The molecular weight excluding hydrogens is 183 g/mol. The third-order valence-corrected chi connectivity index (χ3v) is 0. The van der Waals surface area contributed by atoms with Crippen LogP contribution < -0.4 is 5.26 Å². The molecule has 0 aromatic carbocycles. The van der Waals surface area contributed by atoms with E-state index in [4.69, 9.17) is 10.2 Å². The summed E-state index contributed by atoms with van der Waals surface area (Å²) in [7, 11) is 0. The molecule has 0 bridgehead atoms. The van der Waals surface area contributed by atoms with Crippen LogP contribution in [0.5, 0.6) is 0 Å². The van der Waals surface area contributed by atoms with Crippen molar-refractivity contribution in [1.82, 2.24) is 0 Å². The summed E-state index contributed by atoms with van der Waals surface area (Å²) in [5, 5.41) is 7.88. The van der Waals surface area contributed by atoms with Crippen molar-refractivity contribution in [2.45, 2.75) is 0 Å². The Morgan fingerprint density at radius 1 is 1.60 bits per heavy atom. The van der Waals surface area contributed by atoms with Crippen molar-refractivity contribution in [2.75, 3.05) is 0 Å². The first-order valence-corrected chi connectivity index (χ1v) is 0.333. The zero-order valence-corrected chi connectivity index (χ0v) is 1.72. The van der Waals surface area contributed by atoms with Crippen molar-refractivity contribution in [1.29, 1.82) is 0 Å². The van der Waals surface area contributed by atoms with Gasteiger partial charge in [-0.1, -0.05) is 10.2 Å². The Hall–Kier alpha value is 0.159. The molecule has 5 heavy (non-hydrogen) atoms. The van der Waals surface area contributed by atoms with Crippen LogP contribution in [0.3, 0.4) is 0 Å². The van der Waals surface area contributed by atoms with E-state index in [9.17, 15) is 0 Å². The first kappa shape index (κ1) is 19.1. The van der Waals surface area contributed by atoms with Crippen molar-refractivity contribution in [3.8, 4) is 0 Å². The van der Waals surface area contributed by atoms with Crippen LogP contribution in [0.15, 0.2) is 0 Å². The van der Waals surface area contributed by atoms with E-state index in [1.54, 1.807) is 4.75 Å². The van der Waals surface area contributed by atoms with E-state index in [2.05, 4.69) is 0 Å². The average molecular weight is 189 g/mol. The summed E-state index contributed by atoms with van der Waals surface area (Å²) in [6.07, 6.45) is 0. The van der Waals surface area contributed by atoms with Gasteiger partial charge in [0, 0.05) is 0 Å². The fourth-order valence-corrected chi connectivity index (χ4v) is 0. The molecule has 0 rings (SSSR count). The van der Waals surface area contributed by atoms with Gasteiger partial charge in [-0.15, -0.1) is 0 Å². The van der Waals surface area contributed by atoms with Crippen LogP contribution in [0.4, 0.5) is 0 Å². The molecular formula is H6O4Sn. The first-order chi connectivity index (χ1) is 1.41. The quantitative estimate of drug-likeness (QED) is 0.172. The van der Waals surface area contributed by atoms with Crippen molar-refractivity contribution in [3.05, 3.63) is 9.71 Å². The van der Waals surface area contributed by atoms with Gasteiger partial charge in [0.05, 0.1) is 0 Å². The van der Waals surface area contributed by atoms with Gasteiger partial charge >= 0.3 is 23.9 Å². The summed E-state index contributed by atoms with van der Waals surface area (Å²) in [6.45, 7) is 0. The maximum atomic E-state index is 7.88. The van der Waals surface area contributed by atoms with Gasteiger partial charge in [-0.05, 0) is 0 Å². The zero-order chi connectivity index (χ0) is 2.71. The van der Waals surface area contributed by atoms with Crippen molar-refractivity contribution in [2.24, 2.45) is 0 Å². The Morgan fingerprint density at radius 2 is 1.60 bits per heavy atom. The molecule has 5 heteroatoms. The van der Waals surface area contributed by atoms with Crippen LogP contribution in [-0.2, 0) is 0 Å². The molecule has 0 aromatic heterocycles. The second kappa shape index (κ2) is 30.9. The SMILES string of the molecule is O.O=[O+][O-].[SnH4]. The number of hydrogen-bond acceptors (Lipinski definition) is 2. The van der Waals surface area contributed by atoms with Crippen LogP contribution in [0.1, 0.15) is 0 Å². The molecule has 0 unspecified atom stereocenters. The maximum absolute atomic E-state index is 7.88. The molecule has 0 heterocycles. The van der Waals surface area contributed by atoms with Gasteiger partial charge in [-0.3, -0.25) is 0 Å². The van der Waals surface area contributed by atoms with E-state index >= 15 is 0 Å². The van der Waals surface area contributed by atoms with Gasteiger partial charge in [0.1, 0.15) is 0 Å². The van der Waals surface area contributed by atoms with Gasteiger partial charge in [-0.25, -0.2) is 0 Å². The first-order valence-electron chi connectivity index (χ1n) is 0.333. The van der Waals surface area contributed by atoms with Gasteiger partial charge in [0.15, 0.2) is 4.75 Å². The van der Waals surface area contributed by atoms with Crippen molar-refractivity contribution < 1.29 is 10.7 Å². The Balaban J connectivity index is -0.0000000200. The molecule has 0 aliphatic rings. The van der Waals surface area contributed by atoms with Gasteiger partial charge in [-0.2, -0.15) is 0 Å². The minimum atomic E-state index is 0. The molecule has 34 valence electrons. The molecule has 0 fully saturated rings.